The van der Waals surface area contributed by atoms with Crippen LogP contribution in [0.1, 0.15) is 19.4 Å². The Morgan fingerprint density at radius 1 is 1.45 bits per heavy atom. The van der Waals surface area contributed by atoms with E-state index < -0.39 is 0 Å². The van der Waals surface area contributed by atoms with Crippen molar-refractivity contribution in [1.82, 2.24) is 5.32 Å². The Kier molecular flexibility index (Phi) is 9.51. The average molecular weight is 299 g/mol. The van der Waals surface area contributed by atoms with Crippen LogP contribution < -0.4 is 10.1 Å². The Hall–Kier alpha value is -1.52. The summed E-state index contributed by atoms with van der Waals surface area (Å²) >= 11 is 0. The van der Waals surface area contributed by atoms with Crippen LogP contribution in [-0.4, -0.2) is 30.1 Å². The lowest BCUT2D eigenvalue weighted by atomic mass is 10.1. The predicted molar refractivity (Wildman–Crippen MR) is 85.4 cm³/mol. The first kappa shape index (κ1) is 18.5. The van der Waals surface area contributed by atoms with E-state index in [-0.39, 0.29) is 19.0 Å². The van der Waals surface area contributed by atoms with Crippen LogP contribution in [0.4, 0.5) is 0 Å². The molecule has 0 fully saturated rings. The largest absolute Gasteiger partial charge is 0.487 e. The normalized spacial score (nSPS) is 11.1. The molecule has 0 spiro atoms. The van der Waals surface area contributed by atoms with Gasteiger partial charge in [0, 0.05) is 12.6 Å². The highest BCUT2D eigenvalue weighted by Gasteiger charge is 2.06. The summed E-state index contributed by atoms with van der Waals surface area (Å²) in [5.41, 5.74) is 1.65. The number of nitrogens with zero attached hydrogens (tertiary/aromatic N) is 1. The number of rotatable bonds is 8. The van der Waals surface area contributed by atoms with Crippen LogP contribution >= 0.6 is 12.4 Å². The number of benzene rings is 1. The molecule has 0 aliphatic rings. The number of oxime groups is 1. The monoisotopic (exact) mass is 298 g/mol. The number of halogens is 1. The third-order valence-electron chi connectivity index (χ3n) is 2.59. The summed E-state index contributed by atoms with van der Waals surface area (Å²) < 4.78 is 5.70. The summed E-state index contributed by atoms with van der Waals surface area (Å²) in [6.45, 7) is 8.58. The van der Waals surface area contributed by atoms with E-state index in [4.69, 9.17) is 9.94 Å². The minimum Gasteiger partial charge on any atom is -0.487 e. The van der Waals surface area contributed by atoms with E-state index in [9.17, 15) is 0 Å². The molecule has 0 atom stereocenters. The molecular formula is C15H23ClN2O2. The minimum absolute atomic E-state index is 0. The zero-order valence-corrected chi connectivity index (χ0v) is 12.8. The number of hydrogen-bond acceptors (Lipinski definition) is 4. The number of ether oxygens (including phenoxy) is 1. The summed E-state index contributed by atoms with van der Waals surface area (Å²) in [5.74, 6) is 0.799. The van der Waals surface area contributed by atoms with Crippen molar-refractivity contribution < 1.29 is 9.94 Å². The highest BCUT2D eigenvalue weighted by atomic mass is 35.5. The summed E-state index contributed by atoms with van der Waals surface area (Å²) in [6.07, 6.45) is 2.59. The van der Waals surface area contributed by atoms with Crippen molar-refractivity contribution in [2.45, 2.75) is 26.3 Å². The van der Waals surface area contributed by atoms with Crippen molar-refractivity contribution in [3.05, 3.63) is 42.5 Å². The van der Waals surface area contributed by atoms with E-state index >= 15 is 0 Å². The lowest BCUT2D eigenvalue weighted by Crippen LogP contribution is -2.32. The second kappa shape index (κ2) is 10.3. The first-order valence-electron chi connectivity index (χ1n) is 6.42. The van der Waals surface area contributed by atoms with Gasteiger partial charge in [0.1, 0.15) is 18.1 Å². The average Bonchev–Trinajstić information content (AvgIpc) is 2.40. The molecule has 4 nitrogen and oxygen atoms in total. The van der Waals surface area contributed by atoms with E-state index in [0.29, 0.717) is 18.3 Å². The van der Waals surface area contributed by atoms with E-state index in [0.717, 1.165) is 17.7 Å². The van der Waals surface area contributed by atoms with Gasteiger partial charge in [-0.25, -0.2) is 0 Å². The fraction of sp³-hybridized carbons (Fsp3) is 0.400. The zero-order valence-electron chi connectivity index (χ0n) is 12.0. The number of hydrogen-bond donors (Lipinski definition) is 2. The van der Waals surface area contributed by atoms with Crippen LogP contribution in [0.15, 0.2) is 42.1 Å². The topological polar surface area (TPSA) is 53.8 Å². The predicted octanol–water partition coefficient (Wildman–Crippen LogP) is 3.04. The Morgan fingerprint density at radius 3 is 2.75 bits per heavy atom. The molecule has 5 heteroatoms. The van der Waals surface area contributed by atoms with Crippen LogP contribution in [0.25, 0.3) is 0 Å². The van der Waals surface area contributed by atoms with Gasteiger partial charge in [0.05, 0.1) is 0 Å². The maximum absolute atomic E-state index is 8.94. The molecular weight excluding hydrogens is 276 g/mol. The molecule has 2 N–H and O–H groups in total. The fourth-order valence-electron chi connectivity index (χ4n) is 1.57. The highest BCUT2D eigenvalue weighted by molar-refractivity contribution is 5.87. The second-order valence-electron chi connectivity index (χ2n) is 4.59. The SMILES string of the molecule is C=CCc1ccccc1OC/C(CNC(C)C)=N/O.Cl. The number of para-hydroxylation sites is 1. The molecule has 0 amide bonds. The molecule has 0 heterocycles. The van der Waals surface area contributed by atoms with Crippen molar-refractivity contribution in [2.75, 3.05) is 13.2 Å². The van der Waals surface area contributed by atoms with Crippen molar-refractivity contribution in [3.8, 4) is 5.75 Å². The van der Waals surface area contributed by atoms with Gasteiger partial charge in [-0.1, -0.05) is 43.3 Å². The first-order chi connectivity index (χ1) is 9.17. The molecule has 0 bridgehead atoms. The second-order valence-corrected chi connectivity index (χ2v) is 4.59. The summed E-state index contributed by atoms with van der Waals surface area (Å²) in [6, 6.07) is 8.13. The Bertz CT molecular complexity index is 434. The van der Waals surface area contributed by atoms with Crippen LogP contribution in [0.2, 0.25) is 0 Å². The Balaban J connectivity index is 0.00000361. The standard InChI is InChI=1S/C15H22N2O2.ClH/c1-4-7-13-8-5-6-9-15(13)19-11-14(17-18)10-16-12(2)3;/h4-6,8-9,12,16,18H,1,7,10-11H2,2-3H3;1H/b17-14+;. The van der Waals surface area contributed by atoms with Crippen LogP contribution in [0, 0.1) is 0 Å². The van der Waals surface area contributed by atoms with Crippen LogP contribution in [-0.2, 0) is 6.42 Å². The van der Waals surface area contributed by atoms with Crippen LogP contribution in [0.5, 0.6) is 5.75 Å². The zero-order chi connectivity index (χ0) is 14.1. The van der Waals surface area contributed by atoms with Crippen molar-refractivity contribution in [1.29, 1.82) is 0 Å². The lowest BCUT2D eigenvalue weighted by Gasteiger charge is -2.12. The smallest absolute Gasteiger partial charge is 0.131 e. The molecule has 1 aromatic rings. The molecule has 0 aromatic heterocycles. The van der Waals surface area contributed by atoms with Gasteiger partial charge >= 0.3 is 0 Å². The molecule has 1 aromatic carbocycles. The van der Waals surface area contributed by atoms with Crippen molar-refractivity contribution in [3.63, 3.8) is 0 Å². The van der Waals surface area contributed by atoms with Gasteiger partial charge in [-0.05, 0) is 18.1 Å². The third kappa shape index (κ3) is 6.59. The van der Waals surface area contributed by atoms with E-state index in [1.54, 1.807) is 0 Å². The molecule has 0 unspecified atom stereocenters. The van der Waals surface area contributed by atoms with Gasteiger partial charge in [-0.3, -0.25) is 0 Å². The number of allylic oxidation sites excluding steroid dienone is 1. The van der Waals surface area contributed by atoms with E-state index in [1.807, 2.05) is 44.2 Å². The Labute approximate surface area is 126 Å². The lowest BCUT2D eigenvalue weighted by molar-refractivity contribution is 0.304. The Morgan fingerprint density at radius 2 is 2.15 bits per heavy atom. The quantitative estimate of drug-likeness (QED) is 0.336. The maximum Gasteiger partial charge on any atom is 0.131 e. The molecule has 112 valence electrons. The van der Waals surface area contributed by atoms with Crippen LogP contribution in [0.3, 0.4) is 0 Å². The van der Waals surface area contributed by atoms with Gasteiger partial charge in [-0.15, -0.1) is 19.0 Å². The molecule has 0 radical (unpaired) electrons. The molecule has 0 saturated carbocycles. The maximum atomic E-state index is 8.94. The fourth-order valence-corrected chi connectivity index (χ4v) is 1.57. The molecule has 0 aliphatic carbocycles. The molecule has 20 heavy (non-hydrogen) atoms. The molecule has 1 rings (SSSR count). The molecule has 0 saturated heterocycles. The highest BCUT2D eigenvalue weighted by Crippen LogP contribution is 2.18. The van der Waals surface area contributed by atoms with Gasteiger partial charge in [0.15, 0.2) is 0 Å². The summed E-state index contributed by atoms with van der Waals surface area (Å²) in [5, 5.41) is 15.4. The van der Waals surface area contributed by atoms with Gasteiger partial charge in [0.2, 0.25) is 0 Å². The van der Waals surface area contributed by atoms with E-state index in [1.165, 1.54) is 0 Å². The number of nitrogens with one attached hydrogen (secondary N) is 1. The minimum atomic E-state index is 0. The van der Waals surface area contributed by atoms with Gasteiger partial charge in [0.25, 0.3) is 0 Å². The first-order valence-corrected chi connectivity index (χ1v) is 6.42. The molecule has 0 aliphatic heterocycles. The van der Waals surface area contributed by atoms with Gasteiger partial charge in [-0.2, -0.15) is 0 Å². The van der Waals surface area contributed by atoms with Crippen molar-refractivity contribution in [2.24, 2.45) is 5.16 Å². The third-order valence-corrected chi connectivity index (χ3v) is 2.59. The van der Waals surface area contributed by atoms with E-state index in [2.05, 4.69) is 17.1 Å². The summed E-state index contributed by atoms with van der Waals surface area (Å²) in [7, 11) is 0. The summed E-state index contributed by atoms with van der Waals surface area (Å²) in [4.78, 5) is 0. The van der Waals surface area contributed by atoms with Gasteiger partial charge < -0.3 is 15.3 Å². The van der Waals surface area contributed by atoms with Crippen molar-refractivity contribution >= 4 is 18.1 Å².